The van der Waals surface area contributed by atoms with Crippen molar-refractivity contribution in [1.82, 2.24) is 10.6 Å². The molecular weight excluding hydrogens is 521 g/mol. The third-order valence-corrected chi connectivity index (χ3v) is 6.11. The Morgan fingerprint density at radius 2 is 1.84 bits per heavy atom. The second-order valence-electron chi connectivity index (χ2n) is 8.19. The lowest BCUT2D eigenvalue weighted by molar-refractivity contribution is -0.137. The van der Waals surface area contributed by atoms with Gasteiger partial charge in [-0.1, -0.05) is 11.6 Å². The van der Waals surface area contributed by atoms with Gasteiger partial charge in [0.05, 0.1) is 24.3 Å². The molecule has 3 aromatic rings. The van der Waals surface area contributed by atoms with E-state index in [1.165, 1.54) is 19.2 Å². The predicted molar refractivity (Wildman–Crippen MR) is 126 cm³/mol. The Morgan fingerprint density at radius 3 is 2.49 bits per heavy atom. The van der Waals surface area contributed by atoms with Crippen LogP contribution in [0.4, 0.5) is 27.6 Å². The summed E-state index contributed by atoms with van der Waals surface area (Å²) < 4.78 is 73.1. The average molecular weight is 540 g/mol. The van der Waals surface area contributed by atoms with E-state index in [0.717, 1.165) is 12.1 Å². The lowest BCUT2D eigenvalue weighted by Crippen LogP contribution is -2.21. The maximum absolute atomic E-state index is 14.1. The van der Waals surface area contributed by atoms with Gasteiger partial charge in [-0.05, 0) is 49.5 Å². The summed E-state index contributed by atoms with van der Waals surface area (Å²) in [6, 6.07) is 5.43. The quantitative estimate of drug-likeness (QED) is 0.364. The number of hydrogen-bond donors (Lipinski definition) is 3. The number of amides is 2. The first-order valence-corrected chi connectivity index (χ1v) is 11.2. The molecule has 0 fully saturated rings. The van der Waals surface area contributed by atoms with Crippen molar-refractivity contribution in [3.63, 3.8) is 0 Å². The highest BCUT2D eigenvalue weighted by molar-refractivity contribution is 6.31. The fraction of sp³-hybridized carbons (Fsp3) is 0.200. The van der Waals surface area contributed by atoms with Crippen molar-refractivity contribution in [1.29, 1.82) is 0 Å². The maximum atomic E-state index is 14.1. The average Bonchev–Trinajstić information content (AvgIpc) is 3.17. The number of fused-ring (bicyclic) bond motifs is 1. The smallest absolute Gasteiger partial charge is 0.416 e. The van der Waals surface area contributed by atoms with Crippen LogP contribution in [-0.2, 0) is 12.7 Å². The highest BCUT2D eigenvalue weighted by Crippen LogP contribution is 2.45. The number of anilines is 1. The summed E-state index contributed by atoms with van der Waals surface area (Å²) in [5.74, 6) is -3.37. The zero-order valence-electron chi connectivity index (χ0n) is 19.3. The topological polar surface area (TPSA) is 79.5 Å². The highest BCUT2D eigenvalue weighted by Gasteiger charge is 2.38. The molecule has 3 aromatic carbocycles. The minimum Gasteiger partial charge on any atom is -0.496 e. The summed E-state index contributed by atoms with van der Waals surface area (Å²) in [6.45, 7) is 0.191. The molecule has 6 nitrogen and oxygen atoms in total. The van der Waals surface area contributed by atoms with Gasteiger partial charge in [-0.15, -0.1) is 0 Å². The number of hydrogen-bond acceptors (Lipinski definition) is 4. The zero-order chi connectivity index (χ0) is 27.1. The number of benzene rings is 3. The Balaban J connectivity index is 1.89. The largest absolute Gasteiger partial charge is 0.496 e. The van der Waals surface area contributed by atoms with Crippen LogP contribution in [0.5, 0.6) is 5.75 Å². The van der Waals surface area contributed by atoms with Gasteiger partial charge in [-0.3, -0.25) is 9.59 Å². The number of carbonyl (C=O) groups is 2. The highest BCUT2D eigenvalue weighted by atomic mass is 35.5. The van der Waals surface area contributed by atoms with E-state index in [-0.39, 0.29) is 45.8 Å². The first-order chi connectivity index (χ1) is 17.4. The molecule has 0 aliphatic carbocycles. The molecule has 0 spiro atoms. The third-order valence-electron chi connectivity index (χ3n) is 5.76. The zero-order valence-corrected chi connectivity index (χ0v) is 20.1. The second-order valence-corrected chi connectivity index (χ2v) is 8.60. The van der Waals surface area contributed by atoms with Crippen LogP contribution < -0.4 is 20.7 Å². The second kappa shape index (κ2) is 9.98. The molecule has 1 aliphatic heterocycles. The van der Waals surface area contributed by atoms with Crippen molar-refractivity contribution in [2.24, 2.45) is 0 Å². The predicted octanol–water partition coefficient (Wildman–Crippen LogP) is 5.45. The number of rotatable bonds is 6. The number of alkyl halides is 3. The molecule has 0 aromatic heterocycles. The van der Waals surface area contributed by atoms with E-state index in [4.69, 9.17) is 16.3 Å². The van der Waals surface area contributed by atoms with Gasteiger partial charge in [-0.25, -0.2) is 8.78 Å². The summed E-state index contributed by atoms with van der Waals surface area (Å²) in [7, 11) is 2.97. The van der Waals surface area contributed by atoms with E-state index < -0.39 is 46.8 Å². The molecule has 1 heterocycles. The number of methoxy groups -OCH3 is 1. The van der Waals surface area contributed by atoms with E-state index in [2.05, 4.69) is 16.0 Å². The van der Waals surface area contributed by atoms with E-state index in [1.54, 1.807) is 7.05 Å². The van der Waals surface area contributed by atoms with Gasteiger partial charge in [0.25, 0.3) is 11.8 Å². The maximum Gasteiger partial charge on any atom is 0.416 e. The molecule has 12 heteroatoms. The van der Waals surface area contributed by atoms with Crippen LogP contribution in [0.25, 0.3) is 0 Å². The van der Waals surface area contributed by atoms with Crippen molar-refractivity contribution in [2.45, 2.75) is 18.8 Å². The van der Waals surface area contributed by atoms with Crippen LogP contribution in [-0.4, -0.2) is 26.0 Å². The molecule has 0 radical (unpaired) electrons. The van der Waals surface area contributed by atoms with E-state index >= 15 is 0 Å². The van der Waals surface area contributed by atoms with Crippen molar-refractivity contribution in [3.8, 4) is 5.75 Å². The van der Waals surface area contributed by atoms with E-state index in [1.807, 2.05) is 0 Å². The monoisotopic (exact) mass is 539 g/mol. The first-order valence-electron chi connectivity index (χ1n) is 10.8. The van der Waals surface area contributed by atoms with Gasteiger partial charge in [0.15, 0.2) is 0 Å². The van der Waals surface area contributed by atoms with Crippen LogP contribution in [0.3, 0.4) is 0 Å². The Labute approximate surface area is 212 Å². The summed E-state index contributed by atoms with van der Waals surface area (Å²) in [5.41, 5.74) is -1.10. The lowest BCUT2D eigenvalue weighted by atomic mass is 9.93. The van der Waals surface area contributed by atoms with Gasteiger partial charge in [0.1, 0.15) is 17.4 Å². The molecule has 2 amide bonds. The number of nitrogens with one attached hydrogen (secondary N) is 3. The Kier molecular flexibility index (Phi) is 7.11. The van der Waals surface area contributed by atoms with Gasteiger partial charge < -0.3 is 20.7 Å². The molecule has 0 bridgehead atoms. The summed E-state index contributed by atoms with van der Waals surface area (Å²) >= 11 is 6.28. The van der Waals surface area contributed by atoms with Crippen LogP contribution >= 0.6 is 11.6 Å². The van der Waals surface area contributed by atoms with E-state index in [9.17, 15) is 31.5 Å². The number of carbonyl (C=O) groups excluding carboxylic acids is 2. The molecule has 194 valence electrons. The van der Waals surface area contributed by atoms with Crippen molar-refractivity contribution in [3.05, 3.63) is 92.5 Å². The van der Waals surface area contributed by atoms with Crippen LogP contribution in [0, 0.1) is 11.6 Å². The van der Waals surface area contributed by atoms with Gasteiger partial charge >= 0.3 is 6.18 Å². The van der Waals surface area contributed by atoms with Gasteiger partial charge in [-0.2, -0.15) is 13.2 Å². The minimum absolute atomic E-state index is 0.0209. The van der Waals surface area contributed by atoms with Crippen LogP contribution in [0.15, 0.2) is 42.5 Å². The van der Waals surface area contributed by atoms with Crippen molar-refractivity contribution >= 4 is 29.1 Å². The molecule has 3 N–H and O–H groups in total. The summed E-state index contributed by atoms with van der Waals surface area (Å²) in [4.78, 5) is 26.1. The molecule has 4 rings (SSSR count). The van der Waals surface area contributed by atoms with Crippen LogP contribution in [0.2, 0.25) is 5.02 Å². The molecule has 1 aliphatic rings. The fourth-order valence-corrected chi connectivity index (χ4v) is 4.47. The number of halogens is 6. The number of ether oxygens (including phenoxy) is 1. The van der Waals surface area contributed by atoms with Gasteiger partial charge in [0, 0.05) is 39.5 Å². The summed E-state index contributed by atoms with van der Waals surface area (Å²) in [6.07, 6.45) is -4.88. The van der Waals surface area contributed by atoms with Crippen LogP contribution in [0.1, 0.15) is 49.0 Å². The molecule has 1 unspecified atom stereocenters. The van der Waals surface area contributed by atoms with E-state index in [0.29, 0.717) is 17.7 Å². The molecular formula is C25H19ClF5N3O3. The molecule has 1 atom stereocenters. The lowest BCUT2D eigenvalue weighted by Gasteiger charge is -2.21. The van der Waals surface area contributed by atoms with Crippen molar-refractivity contribution < 1.29 is 36.3 Å². The normalized spacial score (nSPS) is 14.8. The van der Waals surface area contributed by atoms with Crippen molar-refractivity contribution in [2.75, 3.05) is 19.5 Å². The Morgan fingerprint density at radius 1 is 1.11 bits per heavy atom. The molecule has 0 saturated heterocycles. The molecule has 0 saturated carbocycles. The molecule has 37 heavy (non-hydrogen) atoms. The third kappa shape index (κ3) is 5.09. The fourth-order valence-electron chi connectivity index (χ4n) is 4.24. The first kappa shape index (κ1) is 26.4. The minimum atomic E-state index is -4.88. The summed E-state index contributed by atoms with van der Waals surface area (Å²) in [5, 5.41) is 8.19. The SMILES string of the molecule is CNCc1cc(NC(=O)c2cc(F)cc(C(F)(F)F)c2)c2c(c1OC)C(=O)NC2c1cc(F)ccc1Cl. The van der Waals surface area contributed by atoms with Gasteiger partial charge in [0.2, 0.25) is 0 Å². The Hall–Kier alpha value is -3.70. The Bertz CT molecular complexity index is 1410. The standard InChI is InChI=1S/C25H19ClF5N3O3/c1-32-10-12-7-18(33-23(35)11-5-13(25(29,30)31)8-15(28)6-11)19-20(22(12)37-2)24(36)34-21(19)16-9-14(27)3-4-17(16)26/h3-9,21,32H,10H2,1-2H3,(H,33,35)(H,34,36).